The van der Waals surface area contributed by atoms with Crippen LogP contribution in [0.4, 0.5) is 5.69 Å². The highest BCUT2D eigenvalue weighted by Gasteiger charge is 2.47. The zero-order chi connectivity index (χ0) is 23.4. The number of aliphatic hydroxyl groups is 1. The predicted octanol–water partition coefficient (Wildman–Crippen LogP) is 5.56. The molecule has 0 radical (unpaired) electrons. The first-order valence-corrected chi connectivity index (χ1v) is 11.7. The fourth-order valence-electron chi connectivity index (χ4n) is 3.77. The summed E-state index contributed by atoms with van der Waals surface area (Å²) in [7, 11) is 0. The number of ether oxygens (including phenoxy) is 2. The van der Waals surface area contributed by atoms with Crippen molar-refractivity contribution in [1.82, 2.24) is 0 Å². The summed E-state index contributed by atoms with van der Waals surface area (Å²) in [4.78, 5) is 28.5. The second-order valence-electron chi connectivity index (χ2n) is 7.48. The Morgan fingerprint density at radius 1 is 0.970 bits per heavy atom. The van der Waals surface area contributed by atoms with Crippen LogP contribution in [0, 0.1) is 0 Å². The Hall–Kier alpha value is -3.58. The van der Waals surface area contributed by atoms with Crippen LogP contribution in [0.2, 0.25) is 0 Å². The summed E-state index contributed by atoms with van der Waals surface area (Å²) in [5.74, 6) is -0.246. The summed E-state index contributed by atoms with van der Waals surface area (Å²) in [6.45, 7) is 5.04. The molecule has 1 atom stereocenters. The van der Waals surface area contributed by atoms with Crippen LogP contribution < -0.4 is 14.4 Å². The molecule has 2 aromatic carbocycles. The molecule has 7 heteroatoms. The number of rotatable bonds is 8. The van der Waals surface area contributed by atoms with Crippen molar-refractivity contribution in [2.24, 2.45) is 0 Å². The molecule has 0 spiro atoms. The average Bonchev–Trinajstić information content (AvgIpc) is 3.45. The normalized spacial score (nSPS) is 17.4. The number of anilines is 1. The molecule has 6 nitrogen and oxygen atoms in total. The van der Waals surface area contributed by atoms with Gasteiger partial charge in [0.05, 0.1) is 18.8 Å². The molecule has 1 fully saturated rings. The minimum atomic E-state index is -0.723. The van der Waals surface area contributed by atoms with E-state index in [9.17, 15) is 14.7 Å². The van der Waals surface area contributed by atoms with Crippen molar-refractivity contribution < 1.29 is 24.2 Å². The van der Waals surface area contributed by atoms with Crippen molar-refractivity contribution in [3.63, 3.8) is 0 Å². The van der Waals surface area contributed by atoms with E-state index in [1.807, 2.05) is 31.4 Å². The Morgan fingerprint density at radius 2 is 1.64 bits per heavy atom. The van der Waals surface area contributed by atoms with E-state index < -0.39 is 17.7 Å². The van der Waals surface area contributed by atoms with E-state index in [-0.39, 0.29) is 11.3 Å². The van der Waals surface area contributed by atoms with Crippen LogP contribution in [0.5, 0.6) is 11.5 Å². The van der Waals surface area contributed by atoms with Crippen molar-refractivity contribution in [3.05, 3.63) is 82.1 Å². The predicted molar refractivity (Wildman–Crippen MR) is 129 cm³/mol. The molecule has 1 N–H and O–H groups in total. The molecular formula is C26H25NO5S. The third-order valence-electron chi connectivity index (χ3n) is 5.28. The smallest absolute Gasteiger partial charge is 0.300 e. The van der Waals surface area contributed by atoms with E-state index in [1.165, 1.54) is 16.2 Å². The minimum absolute atomic E-state index is 0.0681. The Kier molecular flexibility index (Phi) is 6.79. The number of thiophene rings is 1. The van der Waals surface area contributed by atoms with E-state index >= 15 is 0 Å². The van der Waals surface area contributed by atoms with E-state index in [0.717, 1.165) is 11.3 Å². The van der Waals surface area contributed by atoms with E-state index in [1.54, 1.807) is 48.5 Å². The molecule has 1 amide bonds. The van der Waals surface area contributed by atoms with E-state index in [4.69, 9.17) is 9.47 Å². The lowest BCUT2D eigenvalue weighted by Crippen LogP contribution is -2.29. The number of hydrogen-bond acceptors (Lipinski definition) is 6. The molecule has 33 heavy (non-hydrogen) atoms. The van der Waals surface area contributed by atoms with Crippen LogP contribution in [0.1, 0.15) is 36.8 Å². The number of amides is 1. The van der Waals surface area contributed by atoms with Gasteiger partial charge < -0.3 is 14.6 Å². The lowest BCUT2D eigenvalue weighted by atomic mass is 9.99. The molecule has 1 aromatic heterocycles. The number of Topliss-reactive ketones (excluding diaryl/α,β-unsaturated/α-hetero) is 1. The maximum atomic E-state index is 13.1. The molecule has 2 heterocycles. The van der Waals surface area contributed by atoms with Crippen molar-refractivity contribution in [3.8, 4) is 11.5 Å². The Balaban J connectivity index is 1.77. The quantitative estimate of drug-likeness (QED) is 0.269. The van der Waals surface area contributed by atoms with Crippen LogP contribution in [0.3, 0.4) is 0 Å². The number of hydrogen-bond donors (Lipinski definition) is 1. The zero-order valence-electron chi connectivity index (χ0n) is 18.5. The standard InChI is InChI=1S/C26H25NO5S/c1-3-15-32-20-11-7-17(8-12-20)24(28)22-23(21-6-5-16-33-21)27(26(30)25(22)29)18-9-13-19(14-10-18)31-4-2/h5-14,16,23,28H,3-4,15H2,1-2H3/b24-22-. The summed E-state index contributed by atoms with van der Waals surface area (Å²) in [5.41, 5.74) is 1.07. The number of aliphatic hydroxyl groups excluding tert-OH is 1. The number of nitrogens with zero attached hydrogens (tertiary/aromatic N) is 1. The SMILES string of the molecule is CCCOc1ccc(/C(O)=C2/C(=O)C(=O)N(c3ccc(OCC)cc3)C2c2cccs2)cc1. The molecule has 1 unspecified atom stereocenters. The maximum Gasteiger partial charge on any atom is 0.300 e. The molecular weight excluding hydrogens is 438 g/mol. The lowest BCUT2D eigenvalue weighted by Gasteiger charge is -2.24. The van der Waals surface area contributed by atoms with Crippen LogP contribution in [-0.4, -0.2) is 30.0 Å². The van der Waals surface area contributed by atoms with Gasteiger partial charge in [0.25, 0.3) is 11.7 Å². The first kappa shape index (κ1) is 22.6. The summed E-state index contributed by atoms with van der Waals surface area (Å²) < 4.78 is 11.1. The molecule has 1 aliphatic rings. The van der Waals surface area contributed by atoms with Gasteiger partial charge in [-0.05, 0) is 73.3 Å². The highest BCUT2D eigenvalue weighted by Crippen LogP contribution is 2.43. The maximum absolute atomic E-state index is 13.1. The molecule has 170 valence electrons. The number of benzene rings is 2. The monoisotopic (exact) mass is 463 g/mol. The fraction of sp³-hybridized carbons (Fsp3) is 0.231. The molecule has 1 aliphatic heterocycles. The van der Waals surface area contributed by atoms with Crippen molar-refractivity contribution in [2.45, 2.75) is 26.3 Å². The van der Waals surface area contributed by atoms with Crippen LogP contribution >= 0.6 is 11.3 Å². The first-order valence-electron chi connectivity index (χ1n) is 10.9. The molecule has 0 bridgehead atoms. The summed E-state index contributed by atoms with van der Waals surface area (Å²) in [6.07, 6.45) is 0.886. The largest absolute Gasteiger partial charge is 0.507 e. The van der Waals surface area contributed by atoms with E-state index in [0.29, 0.717) is 36.0 Å². The third kappa shape index (κ3) is 4.50. The molecule has 3 aromatic rings. The van der Waals surface area contributed by atoms with Gasteiger partial charge in [-0.25, -0.2) is 0 Å². The highest BCUT2D eigenvalue weighted by atomic mass is 32.1. The van der Waals surface area contributed by atoms with Crippen LogP contribution in [0.25, 0.3) is 5.76 Å². The minimum Gasteiger partial charge on any atom is -0.507 e. The lowest BCUT2D eigenvalue weighted by molar-refractivity contribution is -0.132. The Morgan fingerprint density at radius 3 is 2.24 bits per heavy atom. The van der Waals surface area contributed by atoms with E-state index in [2.05, 4.69) is 0 Å². The fourth-order valence-corrected chi connectivity index (χ4v) is 4.59. The van der Waals surface area contributed by atoms with Gasteiger partial charge in [-0.1, -0.05) is 13.0 Å². The molecule has 4 rings (SSSR count). The van der Waals surface area contributed by atoms with Crippen molar-refractivity contribution in [1.29, 1.82) is 0 Å². The Bertz CT molecular complexity index is 1150. The summed E-state index contributed by atoms with van der Waals surface area (Å²) in [6, 6.07) is 16.9. The van der Waals surface area contributed by atoms with Gasteiger partial charge in [-0.2, -0.15) is 0 Å². The average molecular weight is 464 g/mol. The number of carbonyl (C=O) groups is 2. The molecule has 1 saturated heterocycles. The number of ketones is 1. The second-order valence-corrected chi connectivity index (χ2v) is 8.46. The molecule has 0 saturated carbocycles. The zero-order valence-corrected chi connectivity index (χ0v) is 19.3. The van der Waals surface area contributed by atoms with Crippen molar-refractivity contribution in [2.75, 3.05) is 18.1 Å². The molecule has 0 aliphatic carbocycles. The summed E-state index contributed by atoms with van der Waals surface area (Å²) >= 11 is 1.43. The third-order valence-corrected chi connectivity index (χ3v) is 6.21. The topological polar surface area (TPSA) is 76.1 Å². The Labute approximate surface area is 196 Å². The highest BCUT2D eigenvalue weighted by molar-refractivity contribution is 7.10. The number of carbonyl (C=O) groups excluding carboxylic acids is 2. The second kappa shape index (κ2) is 9.92. The summed E-state index contributed by atoms with van der Waals surface area (Å²) in [5, 5.41) is 13.0. The first-order chi connectivity index (χ1) is 16.0. The van der Waals surface area contributed by atoms with Crippen LogP contribution in [0.15, 0.2) is 71.6 Å². The van der Waals surface area contributed by atoms with Gasteiger partial charge >= 0.3 is 0 Å². The van der Waals surface area contributed by atoms with Crippen molar-refractivity contribution >= 4 is 34.5 Å². The van der Waals surface area contributed by atoms with Gasteiger partial charge in [0.1, 0.15) is 23.3 Å². The van der Waals surface area contributed by atoms with Gasteiger partial charge in [-0.3, -0.25) is 14.5 Å². The van der Waals surface area contributed by atoms with Gasteiger partial charge in [0.2, 0.25) is 0 Å². The van der Waals surface area contributed by atoms with Gasteiger partial charge in [0, 0.05) is 16.1 Å². The van der Waals surface area contributed by atoms with Gasteiger partial charge in [0.15, 0.2) is 0 Å². The van der Waals surface area contributed by atoms with Crippen LogP contribution in [-0.2, 0) is 9.59 Å². The van der Waals surface area contributed by atoms with Gasteiger partial charge in [-0.15, -0.1) is 11.3 Å².